The molecule has 1 aromatic carbocycles. The number of carbonyl (C=O) groups excluding carboxylic acids is 1. The van der Waals surface area contributed by atoms with Crippen LogP contribution in [0.4, 0.5) is 0 Å². The van der Waals surface area contributed by atoms with Crippen LogP contribution in [0.5, 0.6) is 11.5 Å². The van der Waals surface area contributed by atoms with Crippen LogP contribution >= 0.6 is 0 Å². The second kappa shape index (κ2) is 8.85. The van der Waals surface area contributed by atoms with Gasteiger partial charge in [-0.05, 0) is 30.7 Å². The van der Waals surface area contributed by atoms with Crippen molar-refractivity contribution in [3.8, 4) is 11.5 Å². The molecule has 1 aromatic heterocycles. The van der Waals surface area contributed by atoms with Gasteiger partial charge in [-0.2, -0.15) is 0 Å². The minimum Gasteiger partial charge on any atom is -0.497 e. The molecule has 1 N–H and O–H groups in total. The molecule has 0 atom stereocenters. The Balaban J connectivity index is 1.83. The number of hydrogen-bond acceptors (Lipinski definition) is 5. The van der Waals surface area contributed by atoms with Gasteiger partial charge < -0.3 is 23.9 Å². The highest BCUT2D eigenvalue weighted by Gasteiger charge is 2.11. The standard InChI is InChI=1S/C17H21NO5/c1-20-10-4-9-18-17(19)16-8-7-15(23-16)12-22-14-6-3-5-13(11-14)21-2/h3,5-8,11H,4,9-10,12H2,1-2H3,(H,18,19). The van der Waals surface area contributed by atoms with Crippen molar-refractivity contribution in [2.75, 3.05) is 27.4 Å². The quantitative estimate of drug-likeness (QED) is 0.720. The van der Waals surface area contributed by atoms with Crippen molar-refractivity contribution in [3.63, 3.8) is 0 Å². The maximum Gasteiger partial charge on any atom is 0.286 e. The Morgan fingerprint density at radius 1 is 1.17 bits per heavy atom. The van der Waals surface area contributed by atoms with Crippen LogP contribution in [0.3, 0.4) is 0 Å². The first kappa shape index (κ1) is 16.9. The molecule has 0 saturated heterocycles. The first-order valence-electron chi connectivity index (χ1n) is 7.35. The highest BCUT2D eigenvalue weighted by molar-refractivity contribution is 5.91. The van der Waals surface area contributed by atoms with E-state index < -0.39 is 0 Å². The molecule has 2 rings (SSSR count). The van der Waals surface area contributed by atoms with Crippen LogP contribution in [0.1, 0.15) is 22.7 Å². The van der Waals surface area contributed by atoms with Crippen molar-refractivity contribution in [1.82, 2.24) is 5.32 Å². The number of amides is 1. The van der Waals surface area contributed by atoms with E-state index in [1.165, 1.54) is 0 Å². The van der Waals surface area contributed by atoms with Crippen LogP contribution in [0.15, 0.2) is 40.8 Å². The van der Waals surface area contributed by atoms with Crippen molar-refractivity contribution in [3.05, 3.63) is 47.9 Å². The molecule has 0 saturated carbocycles. The highest BCUT2D eigenvalue weighted by atomic mass is 16.5. The zero-order valence-corrected chi connectivity index (χ0v) is 13.3. The number of ether oxygens (including phenoxy) is 3. The Kier molecular flexibility index (Phi) is 6.50. The molecule has 6 heteroatoms. The fourth-order valence-corrected chi connectivity index (χ4v) is 1.93. The van der Waals surface area contributed by atoms with E-state index in [0.717, 1.165) is 12.2 Å². The molecule has 2 aromatic rings. The molecule has 0 fully saturated rings. The third-order valence-corrected chi connectivity index (χ3v) is 3.12. The lowest BCUT2D eigenvalue weighted by Gasteiger charge is -2.06. The molecule has 0 aliphatic heterocycles. The SMILES string of the molecule is COCCCNC(=O)c1ccc(COc2cccc(OC)c2)o1. The van der Waals surface area contributed by atoms with E-state index in [4.69, 9.17) is 18.6 Å². The van der Waals surface area contributed by atoms with Crippen molar-refractivity contribution in [1.29, 1.82) is 0 Å². The minimum atomic E-state index is -0.242. The molecule has 124 valence electrons. The van der Waals surface area contributed by atoms with Gasteiger partial charge in [0.05, 0.1) is 7.11 Å². The molecular formula is C17H21NO5. The lowest BCUT2D eigenvalue weighted by molar-refractivity contribution is 0.0917. The van der Waals surface area contributed by atoms with E-state index in [9.17, 15) is 4.79 Å². The third kappa shape index (κ3) is 5.34. The van der Waals surface area contributed by atoms with Gasteiger partial charge in [0, 0.05) is 26.3 Å². The summed E-state index contributed by atoms with van der Waals surface area (Å²) >= 11 is 0. The summed E-state index contributed by atoms with van der Waals surface area (Å²) in [5.74, 6) is 2.00. The largest absolute Gasteiger partial charge is 0.497 e. The number of hydrogen-bond donors (Lipinski definition) is 1. The van der Waals surface area contributed by atoms with E-state index in [-0.39, 0.29) is 18.3 Å². The fraction of sp³-hybridized carbons (Fsp3) is 0.353. The fourth-order valence-electron chi connectivity index (χ4n) is 1.93. The van der Waals surface area contributed by atoms with E-state index in [2.05, 4.69) is 5.32 Å². The van der Waals surface area contributed by atoms with E-state index >= 15 is 0 Å². The van der Waals surface area contributed by atoms with Crippen LogP contribution < -0.4 is 14.8 Å². The van der Waals surface area contributed by atoms with Crippen molar-refractivity contribution >= 4 is 5.91 Å². The molecule has 0 bridgehead atoms. The first-order valence-corrected chi connectivity index (χ1v) is 7.35. The Bertz CT molecular complexity index is 623. The molecule has 0 unspecified atom stereocenters. The van der Waals surface area contributed by atoms with E-state index in [1.54, 1.807) is 32.4 Å². The maximum absolute atomic E-state index is 11.9. The first-order chi connectivity index (χ1) is 11.2. The molecule has 0 spiro atoms. The highest BCUT2D eigenvalue weighted by Crippen LogP contribution is 2.20. The molecule has 1 amide bonds. The number of furan rings is 1. The molecule has 23 heavy (non-hydrogen) atoms. The Hall–Kier alpha value is -2.47. The normalized spacial score (nSPS) is 10.3. The maximum atomic E-state index is 11.9. The summed E-state index contributed by atoms with van der Waals surface area (Å²) in [5, 5.41) is 2.77. The molecule has 6 nitrogen and oxygen atoms in total. The summed E-state index contributed by atoms with van der Waals surface area (Å²) in [5.41, 5.74) is 0. The van der Waals surface area contributed by atoms with Crippen molar-refractivity contribution < 1.29 is 23.4 Å². The van der Waals surface area contributed by atoms with Gasteiger partial charge in [-0.25, -0.2) is 0 Å². The number of nitrogens with one attached hydrogen (secondary N) is 1. The average molecular weight is 319 g/mol. The summed E-state index contributed by atoms with van der Waals surface area (Å²) in [6.45, 7) is 1.39. The van der Waals surface area contributed by atoms with Gasteiger partial charge in [-0.15, -0.1) is 0 Å². The topological polar surface area (TPSA) is 69.9 Å². The molecular weight excluding hydrogens is 298 g/mol. The lowest BCUT2D eigenvalue weighted by Crippen LogP contribution is -2.24. The zero-order chi connectivity index (χ0) is 16.5. The van der Waals surface area contributed by atoms with Gasteiger partial charge in [0.25, 0.3) is 5.91 Å². The van der Waals surface area contributed by atoms with Crippen LogP contribution in [-0.4, -0.2) is 33.3 Å². The number of carbonyl (C=O) groups is 1. The Morgan fingerprint density at radius 3 is 2.78 bits per heavy atom. The van der Waals surface area contributed by atoms with E-state index in [1.807, 2.05) is 18.2 Å². The van der Waals surface area contributed by atoms with Gasteiger partial charge in [0.15, 0.2) is 5.76 Å². The molecule has 0 aliphatic rings. The predicted octanol–water partition coefficient (Wildman–Crippen LogP) is 2.63. The minimum absolute atomic E-state index is 0.240. The average Bonchev–Trinajstić information content (AvgIpc) is 3.06. The summed E-state index contributed by atoms with van der Waals surface area (Å²) in [7, 11) is 3.23. The lowest BCUT2D eigenvalue weighted by atomic mass is 10.3. The summed E-state index contributed by atoms with van der Waals surface area (Å²) in [6.07, 6.45) is 0.759. The van der Waals surface area contributed by atoms with E-state index in [0.29, 0.717) is 24.7 Å². The van der Waals surface area contributed by atoms with Crippen LogP contribution in [0.25, 0.3) is 0 Å². The Morgan fingerprint density at radius 2 is 2.00 bits per heavy atom. The van der Waals surface area contributed by atoms with Crippen molar-refractivity contribution in [2.45, 2.75) is 13.0 Å². The second-order valence-corrected chi connectivity index (χ2v) is 4.84. The summed E-state index contributed by atoms with van der Waals surface area (Å²) in [4.78, 5) is 11.9. The summed E-state index contributed by atoms with van der Waals surface area (Å²) < 4.78 is 21.2. The van der Waals surface area contributed by atoms with Gasteiger partial charge in [0.2, 0.25) is 0 Å². The molecule has 0 radical (unpaired) electrons. The van der Waals surface area contributed by atoms with Gasteiger partial charge in [-0.3, -0.25) is 4.79 Å². The van der Waals surface area contributed by atoms with Crippen LogP contribution in [0, 0.1) is 0 Å². The third-order valence-electron chi connectivity index (χ3n) is 3.12. The zero-order valence-electron chi connectivity index (χ0n) is 13.3. The Labute approximate surface area is 135 Å². The smallest absolute Gasteiger partial charge is 0.286 e. The second-order valence-electron chi connectivity index (χ2n) is 4.84. The van der Waals surface area contributed by atoms with Crippen LogP contribution in [-0.2, 0) is 11.3 Å². The monoisotopic (exact) mass is 319 g/mol. The number of benzene rings is 1. The number of methoxy groups -OCH3 is 2. The van der Waals surface area contributed by atoms with Crippen molar-refractivity contribution in [2.24, 2.45) is 0 Å². The predicted molar refractivity (Wildman–Crippen MR) is 84.9 cm³/mol. The van der Waals surface area contributed by atoms with Crippen LogP contribution in [0.2, 0.25) is 0 Å². The van der Waals surface area contributed by atoms with Gasteiger partial charge in [0.1, 0.15) is 23.9 Å². The van der Waals surface area contributed by atoms with Gasteiger partial charge in [-0.1, -0.05) is 6.07 Å². The molecule has 1 heterocycles. The number of rotatable bonds is 9. The summed E-state index contributed by atoms with van der Waals surface area (Å²) in [6, 6.07) is 10.7. The molecule has 0 aliphatic carbocycles. The van der Waals surface area contributed by atoms with Gasteiger partial charge >= 0.3 is 0 Å².